The molecule has 0 fully saturated rings. The first kappa shape index (κ1) is 16.9. The second-order valence-electron chi connectivity index (χ2n) is 4.66. The highest BCUT2D eigenvalue weighted by Crippen LogP contribution is 2.03. The molecule has 2 amide bonds. The first-order valence-corrected chi connectivity index (χ1v) is 6.80. The number of aryl methyl sites for hydroxylation is 1. The number of aliphatic hydroxyl groups is 1. The second kappa shape index (κ2) is 8.21. The fraction of sp³-hybridized carbons (Fsp3) is 0.500. The predicted octanol–water partition coefficient (Wildman–Crippen LogP) is 0.757. The normalized spacial score (nSPS) is 11.8. The molecule has 0 aliphatic heterocycles. The molecule has 0 bridgehead atoms. The highest BCUT2D eigenvalue weighted by molar-refractivity contribution is 5.74. The van der Waals surface area contributed by atoms with Crippen molar-refractivity contribution in [3.63, 3.8) is 0 Å². The third-order valence-corrected chi connectivity index (χ3v) is 2.95. The summed E-state index contributed by atoms with van der Waals surface area (Å²) < 4.78 is 0. The summed E-state index contributed by atoms with van der Waals surface area (Å²) in [7, 11) is 0. The van der Waals surface area contributed by atoms with Crippen LogP contribution in [0.2, 0.25) is 0 Å². The van der Waals surface area contributed by atoms with Crippen LogP contribution in [0, 0.1) is 6.92 Å². The highest BCUT2D eigenvalue weighted by atomic mass is 16.4. The Bertz CT molecular complexity index is 493. The number of hydrogen-bond donors (Lipinski definition) is 3. The Morgan fingerprint density at radius 3 is 2.71 bits per heavy atom. The fourth-order valence-electron chi connectivity index (χ4n) is 1.76. The van der Waals surface area contributed by atoms with Gasteiger partial charge in [0.05, 0.1) is 12.2 Å². The lowest BCUT2D eigenvalue weighted by Gasteiger charge is -2.21. The lowest BCUT2D eigenvalue weighted by Crippen LogP contribution is -2.41. The SMILES string of the molecule is CCN(Cc1cccc(C)n1)C(=O)NCC[C@H](O)C(=O)O. The van der Waals surface area contributed by atoms with Crippen molar-refractivity contribution in [3.8, 4) is 0 Å². The lowest BCUT2D eigenvalue weighted by molar-refractivity contribution is -0.146. The standard InChI is InChI=1S/C14H21N3O4/c1-3-17(9-11-6-4-5-10(2)16-11)14(21)15-8-7-12(18)13(19)20/h4-6,12,18H,3,7-9H2,1-2H3,(H,15,21)(H,19,20)/t12-/m0/s1. The summed E-state index contributed by atoms with van der Waals surface area (Å²) in [6, 6.07) is 5.30. The van der Waals surface area contributed by atoms with Crippen molar-refractivity contribution in [2.75, 3.05) is 13.1 Å². The summed E-state index contributed by atoms with van der Waals surface area (Å²) in [6.45, 7) is 4.72. The molecule has 116 valence electrons. The van der Waals surface area contributed by atoms with Gasteiger partial charge in [0.2, 0.25) is 0 Å². The van der Waals surface area contributed by atoms with Gasteiger partial charge >= 0.3 is 12.0 Å². The molecule has 1 heterocycles. The molecule has 1 aromatic heterocycles. The molecule has 0 aliphatic rings. The van der Waals surface area contributed by atoms with E-state index >= 15 is 0 Å². The number of carbonyl (C=O) groups excluding carboxylic acids is 1. The average Bonchev–Trinajstić information content (AvgIpc) is 2.44. The summed E-state index contributed by atoms with van der Waals surface area (Å²) in [5.74, 6) is -1.29. The van der Waals surface area contributed by atoms with Gasteiger partial charge in [0, 0.05) is 25.2 Å². The number of nitrogens with zero attached hydrogens (tertiary/aromatic N) is 2. The molecule has 21 heavy (non-hydrogen) atoms. The van der Waals surface area contributed by atoms with E-state index in [1.54, 1.807) is 4.90 Å². The van der Waals surface area contributed by atoms with Crippen LogP contribution in [0.4, 0.5) is 4.79 Å². The maximum Gasteiger partial charge on any atom is 0.332 e. The zero-order chi connectivity index (χ0) is 15.8. The first-order valence-electron chi connectivity index (χ1n) is 6.80. The molecule has 7 heteroatoms. The number of hydrogen-bond acceptors (Lipinski definition) is 4. The monoisotopic (exact) mass is 295 g/mol. The van der Waals surface area contributed by atoms with E-state index in [0.717, 1.165) is 11.4 Å². The van der Waals surface area contributed by atoms with Gasteiger partial charge < -0.3 is 20.4 Å². The Labute approximate surface area is 123 Å². The Morgan fingerprint density at radius 2 is 2.14 bits per heavy atom. The Balaban J connectivity index is 2.48. The molecule has 0 saturated carbocycles. The highest BCUT2D eigenvalue weighted by Gasteiger charge is 2.15. The molecule has 7 nitrogen and oxygen atoms in total. The average molecular weight is 295 g/mol. The number of carbonyl (C=O) groups is 2. The molecule has 0 unspecified atom stereocenters. The van der Waals surface area contributed by atoms with Crippen LogP contribution in [0.5, 0.6) is 0 Å². The van der Waals surface area contributed by atoms with E-state index in [4.69, 9.17) is 10.2 Å². The van der Waals surface area contributed by atoms with Crippen molar-refractivity contribution in [2.24, 2.45) is 0 Å². The van der Waals surface area contributed by atoms with Gasteiger partial charge in [-0.05, 0) is 26.0 Å². The lowest BCUT2D eigenvalue weighted by atomic mass is 10.2. The molecular formula is C14H21N3O4. The quantitative estimate of drug-likeness (QED) is 0.689. The zero-order valence-corrected chi connectivity index (χ0v) is 12.2. The molecule has 0 radical (unpaired) electrons. The third-order valence-electron chi connectivity index (χ3n) is 2.95. The zero-order valence-electron chi connectivity index (χ0n) is 12.2. The summed E-state index contributed by atoms with van der Waals surface area (Å²) in [6.07, 6.45) is -1.49. The van der Waals surface area contributed by atoms with Gasteiger partial charge in [-0.2, -0.15) is 0 Å². The molecule has 1 aromatic rings. The molecule has 1 atom stereocenters. The van der Waals surface area contributed by atoms with Crippen molar-refractivity contribution in [2.45, 2.75) is 32.9 Å². The van der Waals surface area contributed by atoms with Crippen molar-refractivity contribution in [1.29, 1.82) is 0 Å². The van der Waals surface area contributed by atoms with Crippen molar-refractivity contribution >= 4 is 12.0 Å². The van der Waals surface area contributed by atoms with E-state index in [1.807, 2.05) is 32.0 Å². The summed E-state index contributed by atoms with van der Waals surface area (Å²) in [5, 5.41) is 20.3. The Hall–Kier alpha value is -2.15. The maximum absolute atomic E-state index is 12.0. The van der Waals surface area contributed by atoms with E-state index < -0.39 is 12.1 Å². The van der Waals surface area contributed by atoms with Gasteiger partial charge in [0.25, 0.3) is 0 Å². The van der Waals surface area contributed by atoms with Crippen molar-refractivity contribution in [1.82, 2.24) is 15.2 Å². The van der Waals surface area contributed by atoms with Gasteiger partial charge in [-0.3, -0.25) is 4.98 Å². The number of aromatic nitrogens is 1. The number of urea groups is 1. The number of rotatable bonds is 7. The van der Waals surface area contributed by atoms with Crippen LogP contribution in [0.3, 0.4) is 0 Å². The molecule has 0 spiro atoms. The van der Waals surface area contributed by atoms with E-state index in [0.29, 0.717) is 13.1 Å². The predicted molar refractivity (Wildman–Crippen MR) is 76.7 cm³/mol. The van der Waals surface area contributed by atoms with Crippen molar-refractivity contribution in [3.05, 3.63) is 29.6 Å². The van der Waals surface area contributed by atoms with E-state index in [-0.39, 0.29) is 19.0 Å². The minimum Gasteiger partial charge on any atom is -0.479 e. The van der Waals surface area contributed by atoms with Crippen LogP contribution in [0.15, 0.2) is 18.2 Å². The minimum absolute atomic E-state index is 0.0265. The van der Waals surface area contributed by atoms with Gasteiger partial charge in [0.1, 0.15) is 0 Å². The number of aliphatic carboxylic acids is 1. The summed E-state index contributed by atoms with van der Waals surface area (Å²) >= 11 is 0. The number of pyridine rings is 1. The van der Waals surface area contributed by atoms with E-state index in [9.17, 15) is 9.59 Å². The van der Waals surface area contributed by atoms with Crippen LogP contribution < -0.4 is 5.32 Å². The number of nitrogens with one attached hydrogen (secondary N) is 1. The Morgan fingerprint density at radius 1 is 1.43 bits per heavy atom. The fourth-order valence-corrected chi connectivity index (χ4v) is 1.76. The minimum atomic E-state index is -1.46. The first-order chi connectivity index (χ1) is 9.93. The largest absolute Gasteiger partial charge is 0.479 e. The van der Waals surface area contributed by atoms with Crippen LogP contribution in [0.25, 0.3) is 0 Å². The number of aliphatic hydroxyl groups excluding tert-OH is 1. The molecular weight excluding hydrogens is 274 g/mol. The topological polar surface area (TPSA) is 103 Å². The van der Waals surface area contributed by atoms with E-state index in [2.05, 4.69) is 10.3 Å². The van der Waals surface area contributed by atoms with E-state index in [1.165, 1.54) is 0 Å². The van der Waals surface area contributed by atoms with Gasteiger partial charge in [0.15, 0.2) is 6.10 Å². The maximum atomic E-state index is 12.0. The Kier molecular flexibility index (Phi) is 6.61. The van der Waals surface area contributed by atoms with Gasteiger partial charge in [-0.25, -0.2) is 9.59 Å². The molecule has 3 N–H and O–H groups in total. The van der Waals surface area contributed by atoms with Crippen LogP contribution in [0.1, 0.15) is 24.7 Å². The van der Waals surface area contributed by atoms with Crippen LogP contribution in [-0.2, 0) is 11.3 Å². The van der Waals surface area contributed by atoms with Crippen LogP contribution in [-0.4, -0.2) is 51.3 Å². The molecule has 0 aromatic carbocycles. The number of carboxylic acids is 1. The van der Waals surface area contributed by atoms with Crippen molar-refractivity contribution < 1.29 is 19.8 Å². The number of carboxylic acid groups (broad SMARTS) is 1. The van der Waals surface area contributed by atoms with Crippen LogP contribution >= 0.6 is 0 Å². The summed E-state index contributed by atoms with van der Waals surface area (Å²) in [5.41, 5.74) is 1.67. The molecule has 1 rings (SSSR count). The van der Waals surface area contributed by atoms with Gasteiger partial charge in [-0.1, -0.05) is 6.07 Å². The smallest absolute Gasteiger partial charge is 0.332 e. The summed E-state index contributed by atoms with van der Waals surface area (Å²) in [4.78, 5) is 28.3. The third kappa shape index (κ3) is 5.78. The molecule has 0 aliphatic carbocycles. The molecule has 0 saturated heterocycles. The number of amides is 2. The second-order valence-corrected chi connectivity index (χ2v) is 4.66. The van der Waals surface area contributed by atoms with Gasteiger partial charge in [-0.15, -0.1) is 0 Å².